The molecule has 0 radical (unpaired) electrons. The standard InChI is InChI=1S/C21H27N3O3/c1-3-5-12-27-19-11-7-8-16(14-19)22-15-21(26)24-18-10-6-9-17(13-18)23-20(25)4-2/h6-11,13-14,22H,3-5,12,15H2,1-2H3,(H,23,25)(H,24,26). The van der Waals surface area contributed by atoms with Gasteiger partial charge in [0.2, 0.25) is 11.8 Å². The Labute approximate surface area is 160 Å². The third kappa shape index (κ3) is 7.40. The lowest BCUT2D eigenvalue weighted by Crippen LogP contribution is -2.21. The molecule has 0 aliphatic heterocycles. The van der Waals surface area contributed by atoms with E-state index < -0.39 is 0 Å². The number of ether oxygens (including phenoxy) is 1. The van der Waals surface area contributed by atoms with Gasteiger partial charge < -0.3 is 20.7 Å². The number of hydrogen-bond donors (Lipinski definition) is 3. The molecule has 6 nitrogen and oxygen atoms in total. The first kappa shape index (κ1) is 20.3. The third-order valence-electron chi connectivity index (χ3n) is 3.80. The van der Waals surface area contributed by atoms with Crippen LogP contribution in [0.3, 0.4) is 0 Å². The molecule has 2 aromatic carbocycles. The molecule has 2 amide bonds. The molecule has 0 atom stereocenters. The van der Waals surface area contributed by atoms with Crippen LogP contribution in [0, 0.1) is 0 Å². The summed E-state index contributed by atoms with van der Waals surface area (Å²) in [5.41, 5.74) is 2.11. The summed E-state index contributed by atoms with van der Waals surface area (Å²) in [6.07, 6.45) is 2.50. The van der Waals surface area contributed by atoms with Gasteiger partial charge in [-0.1, -0.05) is 32.4 Å². The highest BCUT2D eigenvalue weighted by Crippen LogP contribution is 2.18. The van der Waals surface area contributed by atoms with Crippen molar-refractivity contribution in [1.82, 2.24) is 0 Å². The first-order valence-electron chi connectivity index (χ1n) is 9.27. The van der Waals surface area contributed by atoms with Gasteiger partial charge in [-0.15, -0.1) is 0 Å². The monoisotopic (exact) mass is 369 g/mol. The molecule has 0 heterocycles. The van der Waals surface area contributed by atoms with Gasteiger partial charge in [-0.25, -0.2) is 0 Å². The second kappa shape index (κ2) is 10.9. The van der Waals surface area contributed by atoms with Crippen molar-refractivity contribution in [3.63, 3.8) is 0 Å². The van der Waals surface area contributed by atoms with Crippen molar-refractivity contribution in [1.29, 1.82) is 0 Å². The van der Waals surface area contributed by atoms with E-state index in [2.05, 4.69) is 22.9 Å². The molecule has 2 rings (SSSR count). The fourth-order valence-corrected chi connectivity index (χ4v) is 2.34. The second-order valence-corrected chi connectivity index (χ2v) is 6.11. The molecule has 2 aromatic rings. The molecule has 0 saturated heterocycles. The maximum atomic E-state index is 12.2. The number of hydrogen-bond acceptors (Lipinski definition) is 4. The van der Waals surface area contributed by atoms with E-state index in [0.29, 0.717) is 24.4 Å². The zero-order valence-electron chi connectivity index (χ0n) is 15.9. The van der Waals surface area contributed by atoms with Gasteiger partial charge in [-0.05, 0) is 36.8 Å². The molecule has 6 heteroatoms. The quantitative estimate of drug-likeness (QED) is 0.547. The number of benzene rings is 2. The zero-order chi connectivity index (χ0) is 19.5. The molecule has 3 N–H and O–H groups in total. The van der Waals surface area contributed by atoms with Crippen LogP contribution >= 0.6 is 0 Å². The lowest BCUT2D eigenvalue weighted by molar-refractivity contribution is -0.116. The molecule has 0 unspecified atom stereocenters. The Balaban J connectivity index is 1.85. The second-order valence-electron chi connectivity index (χ2n) is 6.11. The summed E-state index contributed by atoms with van der Waals surface area (Å²) in [5, 5.41) is 8.68. The van der Waals surface area contributed by atoms with Gasteiger partial charge in [0, 0.05) is 29.5 Å². The zero-order valence-corrected chi connectivity index (χ0v) is 15.9. The summed E-state index contributed by atoms with van der Waals surface area (Å²) in [6.45, 7) is 4.72. The normalized spacial score (nSPS) is 10.1. The number of amides is 2. The number of nitrogens with one attached hydrogen (secondary N) is 3. The fourth-order valence-electron chi connectivity index (χ4n) is 2.34. The van der Waals surface area contributed by atoms with E-state index in [4.69, 9.17) is 4.74 Å². The maximum absolute atomic E-state index is 12.2. The molecule has 0 aromatic heterocycles. The summed E-state index contributed by atoms with van der Waals surface area (Å²) < 4.78 is 5.67. The molecule has 0 aliphatic rings. The third-order valence-corrected chi connectivity index (χ3v) is 3.80. The maximum Gasteiger partial charge on any atom is 0.243 e. The average Bonchev–Trinajstić information content (AvgIpc) is 2.67. The Kier molecular flexibility index (Phi) is 8.16. The van der Waals surface area contributed by atoms with Crippen LogP contribution in [0.1, 0.15) is 33.1 Å². The van der Waals surface area contributed by atoms with E-state index >= 15 is 0 Å². The summed E-state index contributed by atoms with van der Waals surface area (Å²) in [5.74, 6) is 0.542. The molecule has 0 aliphatic carbocycles. The first-order valence-corrected chi connectivity index (χ1v) is 9.27. The number of unbranched alkanes of at least 4 members (excludes halogenated alkanes) is 1. The molecule has 27 heavy (non-hydrogen) atoms. The van der Waals surface area contributed by atoms with Crippen molar-refractivity contribution >= 4 is 28.9 Å². The summed E-state index contributed by atoms with van der Waals surface area (Å²) in [7, 11) is 0. The summed E-state index contributed by atoms with van der Waals surface area (Å²) in [6, 6.07) is 14.6. The van der Waals surface area contributed by atoms with E-state index in [1.165, 1.54) is 0 Å². The SMILES string of the molecule is CCCCOc1cccc(NCC(=O)Nc2cccc(NC(=O)CC)c2)c1. The summed E-state index contributed by atoms with van der Waals surface area (Å²) >= 11 is 0. The number of carbonyl (C=O) groups is 2. The van der Waals surface area contributed by atoms with Crippen molar-refractivity contribution in [3.8, 4) is 5.75 Å². The topological polar surface area (TPSA) is 79.5 Å². The highest BCUT2D eigenvalue weighted by atomic mass is 16.5. The van der Waals surface area contributed by atoms with Gasteiger partial charge in [-0.3, -0.25) is 9.59 Å². The van der Waals surface area contributed by atoms with Crippen molar-refractivity contribution in [3.05, 3.63) is 48.5 Å². The smallest absolute Gasteiger partial charge is 0.243 e. The van der Waals surface area contributed by atoms with E-state index in [0.717, 1.165) is 24.3 Å². The van der Waals surface area contributed by atoms with Crippen molar-refractivity contribution in [2.24, 2.45) is 0 Å². The fraction of sp³-hybridized carbons (Fsp3) is 0.333. The van der Waals surface area contributed by atoms with E-state index in [9.17, 15) is 9.59 Å². The van der Waals surface area contributed by atoms with Crippen molar-refractivity contribution in [2.45, 2.75) is 33.1 Å². The van der Waals surface area contributed by atoms with Gasteiger partial charge in [0.15, 0.2) is 0 Å². The number of carbonyl (C=O) groups excluding carboxylic acids is 2. The predicted molar refractivity (Wildman–Crippen MR) is 109 cm³/mol. The Morgan fingerprint density at radius 2 is 1.56 bits per heavy atom. The first-order chi connectivity index (χ1) is 13.1. The van der Waals surface area contributed by atoms with Crippen LogP contribution in [0.15, 0.2) is 48.5 Å². The molecule has 0 bridgehead atoms. The Hall–Kier alpha value is -3.02. The Morgan fingerprint density at radius 1 is 0.889 bits per heavy atom. The van der Waals surface area contributed by atoms with Crippen LogP contribution in [-0.2, 0) is 9.59 Å². The lowest BCUT2D eigenvalue weighted by atomic mass is 10.2. The molecular weight excluding hydrogens is 342 g/mol. The van der Waals surface area contributed by atoms with Crippen LogP contribution in [0.25, 0.3) is 0 Å². The van der Waals surface area contributed by atoms with Crippen LogP contribution < -0.4 is 20.7 Å². The summed E-state index contributed by atoms with van der Waals surface area (Å²) in [4.78, 5) is 23.6. The average molecular weight is 369 g/mol. The Morgan fingerprint density at radius 3 is 2.26 bits per heavy atom. The van der Waals surface area contributed by atoms with E-state index in [-0.39, 0.29) is 18.4 Å². The van der Waals surface area contributed by atoms with E-state index in [1.807, 2.05) is 24.3 Å². The number of rotatable bonds is 10. The van der Waals surface area contributed by atoms with Crippen LogP contribution in [-0.4, -0.2) is 25.0 Å². The highest BCUT2D eigenvalue weighted by Gasteiger charge is 2.05. The van der Waals surface area contributed by atoms with Gasteiger partial charge >= 0.3 is 0 Å². The minimum atomic E-state index is -0.175. The molecular formula is C21H27N3O3. The van der Waals surface area contributed by atoms with Crippen LogP contribution in [0.4, 0.5) is 17.1 Å². The molecule has 144 valence electrons. The van der Waals surface area contributed by atoms with Gasteiger partial charge in [0.05, 0.1) is 13.2 Å². The van der Waals surface area contributed by atoms with Gasteiger partial charge in [0.1, 0.15) is 5.75 Å². The minimum Gasteiger partial charge on any atom is -0.494 e. The van der Waals surface area contributed by atoms with E-state index in [1.54, 1.807) is 31.2 Å². The van der Waals surface area contributed by atoms with Gasteiger partial charge in [0.25, 0.3) is 0 Å². The van der Waals surface area contributed by atoms with Gasteiger partial charge in [-0.2, -0.15) is 0 Å². The number of anilines is 3. The predicted octanol–water partition coefficient (Wildman–Crippen LogP) is 4.26. The molecule has 0 fully saturated rings. The lowest BCUT2D eigenvalue weighted by Gasteiger charge is -2.11. The van der Waals surface area contributed by atoms with Crippen molar-refractivity contribution < 1.29 is 14.3 Å². The Bertz CT molecular complexity index is 762. The van der Waals surface area contributed by atoms with Crippen LogP contribution in [0.2, 0.25) is 0 Å². The van der Waals surface area contributed by atoms with Crippen LogP contribution in [0.5, 0.6) is 5.75 Å². The largest absolute Gasteiger partial charge is 0.494 e. The molecule has 0 spiro atoms. The molecule has 0 saturated carbocycles. The highest BCUT2D eigenvalue weighted by molar-refractivity contribution is 5.95. The minimum absolute atomic E-state index is 0.0684. The van der Waals surface area contributed by atoms with Crippen molar-refractivity contribution in [2.75, 3.05) is 29.1 Å².